The van der Waals surface area contributed by atoms with Crippen LogP contribution in [0.15, 0.2) is 0 Å². The molecular formula is C34H48I2O28S6. The maximum atomic E-state index is 14.0. The second-order valence-electron chi connectivity index (χ2n) is 14.0. The van der Waals surface area contributed by atoms with Gasteiger partial charge in [-0.1, -0.05) is 0 Å². The summed E-state index contributed by atoms with van der Waals surface area (Å²) in [4.78, 5) is 28.0. The molecule has 70 heavy (non-hydrogen) atoms. The van der Waals surface area contributed by atoms with Crippen molar-refractivity contribution in [2.24, 2.45) is 0 Å². The minimum Gasteiger partial charge on any atom is -0.492 e. The highest BCUT2D eigenvalue weighted by molar-refractivity contribution is 14.1. The lowest BCUT2D eigenvalue weighted by Gasteiger charge is -2.28. The molecule has 6 N–H and O–H groups in total. The molecule has 0 atom stereocenters. The third-order valence-electron chi connectivity index (χ3n) is 8.40. The highest BCUT2D eigenvalue weighted by atomic mass is 127. The molecule has 2 aromatic rings. The molecular weight excluding hydrogens is 1300 g/mol. The van der Waals surface area contributed by atoms with E-state index in [1.54, 1.807) is 45.2 Å². The zero-order chi connectivity index (χ0) is 53.5. The number of benzene rings is 2. The normalized spacial score (nSPS) is 12.5. The van der Waals surface area contributed by atoms with Gasteiger partial charge in [-0.25, -0.2) is 9.59 Å². The van der Waals surface area contributed by atoms with E-state index in [1.807, 2.05) is 0 Å². The molecule has 0 amide bonds. The van der Waals surface area contributed by atoms with Gasteiger partial charge < -0.3 is 37.9 Å². The van der Waals surface area contributed by atoms with Gasteiger partial charge in [0.2, 0.25) is 0 Å². The molecule has 0 aliphatic carbocycles. The van der Waals surface area contributed by atoms with Crippen molar-refractivity contribution in [1.82, 2.24) is 0 Å². The van der Waals surface area contributed by atoms with E-state index >= 15 is 0 Å². The lowest BCUT2D eigenvalue weighted by molar-refractivity contribution is 0.0580. The van der Waals surface area contributed by atoms with Crippen molar-refractivity contribution in [3.63, 3.8) is 0 Å². The number of esters is 2. The van der Waals surface area contributed by atoms with Crippen LogP contribution in [-0.2, 0) is 70.2 Å². The Morgan fingerprint density at radius 1 is 0.357 bits per heavy atom. The van der Waals surface area contributed by atoms with Gasteiger partial charge in [0.15, 0.2) is 11.5 Å². The fraction of sp³-hybridized carbons (Fsp3) is 0.588. The largest absolute Gasteiger partial charge is 0.492 e. The molecule has 402 valence electrons. The summed E-state index contributed by atoms with van der Waals surface area (Å²) in [6, 6.07) is 0. The molecule has 0 aromatic heterocycles. The smallest absolute Gasteiger partial charge is 0.345 e. The summed E-state index contributed by atoms with van der Waals surface area (Å²) in [7, 11) is -26.1. The fourth-order valence-electron chi connectivity index (χ4n) is 5.66. The number of hydrogen-bond acceptors (Lipinski definition) is 22. The maximum Gasteiger partial charge on any atom is 0.345 e. The monoisotopic (exact) mass is 1350 g/mol. The summed E-state index contributed by atoms with van der Waals surface area (Å²) >= 11 is 3.08. The van der Waals surface area contributed by atoms with Crippen molar-refractivity contribution in [1.29, 1.82) is 0 Å². The molecule has 0 spiro atoms. The van der Waals surface area contributed by atoms with Gasteiger partial charge in [-0.05, 0) is 83.7 Å². The Kier molecular flexibility index (Phi) is 24.8. The van der Waals surface area contributed by atoms with Gasteiger partial charge in [-0.15, -0.1) is 0 Å². The van der Waals surface area contributed by atoms with Gasteiger partial charge in [0, 0.05) is 0 Å². The van der Waals surface area contributed by atoms with Crippen LogP contribution >= 0.6 is 45.2 Å². The van der Waals surface area contributed by atoms with E-state index in [4.69, 9.17) is 37.9 Å². The van der Waals surface area contributed by atoms with Gasteiger partial charge in [-0.2, -0.15) is 50.5 Å². The molecule has 0 fully saturated rings. The van der Waals surface area contributed by atoms with Crippen LogP contribution in [0.4, 0.5) is 0 Å². The van der Waals surface area contributed by atoms with E-state index in [9.17, 15) is 87.4 Å². The van der Waals surface area contributed by atoms with E-state index < -0.39 is 242 Å². The van der Waals surface area contributed by atoms with Crippen LogP contribution in [0.2, 0.25) is 0 Å². The molecule has 0 saturated heterocycles. The van der Waals surface area contributed by atoms with E-state index in [2.05, 4.69) is 0 Å². The number of ether oxygens (including phenoxy) is 8. The molecule has 0 radical (unpaired) electrons. The summed E-state index contributed by atoms with van der Waals surface area (Å²) in [5.74, 6) is -11.9. The topological polar surface area (TPSA) is 434 Å². The second-order valence-corrected chi connectivity index (χ2v) is 25.6. The Balaban J connectivity index is 3.53. The second kappa shape index (κ2) is 27.4. The Bertz CT molecular complexity index is 2670. The van der Waals surface area contributed by atoms with Gasteiger partial charge in [-0.3, -0.25) is 27.3 Å². The number of carbonyl (C=O) groups excluding carboxylic acids is 2. The van der Waals surface area contributed by atoms with Crippen molar-refractivity contribution in [3.05, 3.63) is 18.3 Å². The summed E-state index contributed by atoms with van der Waals surface area (Å²) in [5, 5.41) is 0. The quantitative estimate of drug-likeness (QED) is 0.0258. The van der Waals surface area contributed by atoms with Crippen LogP contribution in [-0.4, -0.2) is 178 Å². The van der Waals surface area contributed by atoms with Crippen molar-refractivity contribution in [3.8, 4) is 45.6 Å². The first-order valence-electron chi connectivity index (χ1n) is 19.5. The summed E-state index contributed by atoms with van der Waals surface area (Å²) in [6.07, 6.45) is -2.99. The van der Waals surface area contributed by atoms with E-state index in [0.717, 1.165) is 14.2 Å². The van der Waals surface area contributed by atoms with Crippen molar-refractivity contribution < 1.29 is 125 Å². The minimum atomic E-state index is -4.69. The Morgan fingerprint density at radius 2 is 0.543 bits per heavy atom. The first kappa shape index (κ1) is 63.2. The number of methoxy groups -OCH3 is 2. The van der Waals surface area contributed by atoms with Gasteiger partial charge in [0.1, 0.15) is 34.1 Å². The Morgan fingerprint density at radius 3 is 0.729 bits per heavy atom. The molecule has 0 unspecified atom stereocenters. The number of carbonyl (C=O) groups is 2. The summed E-state index contributed by atoms with van der Waals surface area (Å²) in [5.41, 5.74) is -2.66. The molecule has 0 heterocycles. The summed E-state index contributed by atoms with van der Waals surface area (Å²) in [6.45, 7) is -4.07. The standard InChI is InChI=1S/C34H48I2O28S6/c1-57-33(37)23-27(59-9-3-15-65(39,40)41)21(29(61-11-5-17-67(45,46)47)25(35)31(23)63-13-7-19-69(51,52)53)22-28(60-10-4-16-66(42,43)44)24(34(38)58-2)32(64-14-8-20-70(54,55)56)26(36)30(22)62-12-6-18-68(48,49)50/h3-20H2,1-2H3,(H,39,40,41)(H,42,43,44)(H,45,46,47)(H,48,49,50)(H,51,52,53)(H,54,55,56). The van der Waals surface area contributed by atoms with E-state index in [0.29, 0.717) is 0 Å². The highest BCUT2D eigenvalue weighted by Crippen LogP contribution is 2.58. The van der Waals surface area contributed by atoms with E-state index in [1.165, 1.54) is 0 Å². The molecule has 0 aliphatic rings. The number of rotatable bonds is 33. The van der Waals surface area contributed by atoms with Crippen LogP contribution in [0.5, 0.6) is 34.5 Å². The average Bonchev–Trinajstić information content (AvgIpc) is 3.20. The maximum absolute atomic E-state index is 14.0. The zero-order valence-corrected chi connectivity index (χ0v) is 45.8. The Hall–Kier alpha value is -2.90. The number of hydrogen-bond donors (Lipinski definition) is 6. The zero-order valence-electron chi connectivity index (χ0n) is 36.6. The average molecular weight is 1350 g/mol. The molecule has 0 bridgehead atoms. The van der Waals surface area contributed by atoms with Gasteiger partial charge >= 0.3 is 11.9 Å². The molecule has 2 rings (SSSR count). The number of halogens is 2. The van der Waals surface area contributed by atoms with Crippen molar-refractivity contribution in [2.45, 2.75) is 38.5 Å². The summed E-state index contributed by atoms with van der Waals surface area (Å²) < 4.78 is 243. The van der Waals surface area contributed by atoms with Crippen LogP contribution in [0.1, 0.15) is 59.2 Å². The Labute approximate surface area is 430 Å². The van der Waals surface area contributed by atoms with E-state index in [-0.39, 0.29) is 7.14 Å². The minimum absolute atomic E-state index is 0.299. The predicted octanol–water partition coefficient (Wildman–Crippen LogP) is 2.08. The van der Waals surface area contributed by atoms with Crippen LogP contribution in [0.3, 0.4) is 0 Å². The third-order valence-corrected chi connectivity index (χ3v) is 15.2. The van der Waals surface area contributed by atoms with Crippen LogP contribution < -0.4 is 28.4 Å². The molecule has 0 aliphatic heterocycles. The lowest BCUT2D eigenvalue weighted by atomic mass is 9.94. The van der Waals surface area contributed by atoms with Crippen molar-refractivity contribution >= 4 is 118 Å². The first-order valence-corrected chi connectivity index (χ1v) is 31.4. The van der Waals surface area contributed by atoms with Crippen LogP contribution in [0.25, 0.3) is 11.1 Å². The third kappa shape index (κ3) is 22.5. The molecule has 2 aromatic carbocycles. The van der Waals surface area contributed by atoms with Gasteiger partial charge in [0.25, 0.3) is 60.7 Å². The van der Waals surface area contributed by atoms with Crippen molar-refractivity contribution in [2.75, 3.05) is 88.4 Å². The highest BCUT2D eigenvalue weighted by Gasteiger charge is 2.39. The molecule has 36 heteroatoms. The molecule has 0 saturated carbocycles. The lowest BCUT2D eigenvalue weighted by Crippen LogP contribution is -2.19. The van der Waals surface area contributed by atoms with Crippen LogP contribution in [0, 0.1) is 7.14 Å². The molecule has 28 nitrogen and oxygen atoms in total. The van der Waals surface area contributed by atoms with Gasteiger partial charge in [0.05, 0.1) is 107 Å². The predicted molar refractivity (Wildman–Crippen MR) is 259 cm³/mol. The first-order chi connectivity index (χ1) is 32.1. The fourth-order valence-corrected chi connectivity index (χ4v) is 10.3. The SMILES string of the molecule is COC(=O)c1c(OCCCS(=O)(=O)O)c(I)c(OCCCS(=O)(=O)O)c(-c2c(OCCCS(=O)(=O)O)c(I)c(OCCCS(=O)(=O)O)c(C(=O)OC)c2OCCCS(=O)(=O)O)c1OCCCS(=O)(=O)O.